The summed E-state index contributed by atoms with van der Waals surface area (Å²) in [4.78, 5) is 13.7. The minimum absolute atomic E-state index is 0.0120. The summed E-state index contributed by atoms with van der Waals surface area (Å²) in [6.07, 6.45) is 1.44. The molecule has 1 N–H and O–H groups in total. The molecule has 0 aromatic heterocycles. The summed E-state index contributed by atoms with van der Waals surface area (Å²) in [5, 5.41) is 9.00. The van der Waals surface area contributed by atoms with Gasteiger partial charge in [0.1, 0.15) is 6.04 Å². The van der Waals surface area contributed by atoms with E-state index in [4.69, 9.17) is 9.84 Å². The molecule has 0 unspecified atom stereocenters. The number of hydrogen-bond donors (Lipinski definition) is 1. The second kappa shape index (κ2) is 8.53. The minimum atomic E-state index is -0.308. The van der Waals surface area contributed by atoms with Crippen LogP contribution in [0, 0.1) is 5.92 Å². The molecule has 0 spiro atoms. The predicted octanol–water partition coefficient (Wildman–Crippen LogP) is 1.28. The largest absolute Gasteiger partial charge is 0.468 e. The first-order valence-corrected chi connectivity index (χ1v) is 5.99. The third kappa shape index (κ3) is 5.47. The Morgan fingerprint density at radius 2 is 2.06 bits per heavy atom. The molecule has 16 heavy (non-hydrogen) atoms. The van der Waals surface area contributed by atoms with Gasteiger partial charge in [0, 0.05) is 13.2 Å². The zero-order chi connectivity index (χ0) is 12.6. The Hall–Kier alpha value is -0.610. The van der Waals surface area contributed by atoms with Gasteiger partial charge in [-0.25, -0.2) is 0 Å². The molecule has 0 saturated carbocycles. The fourth-order valence-corrected chi connectivity index (χ4v) is 1.84. The highest BCUT2D eigenvalue weighted by Gasteiger charge is 2.25. The normalized spacial score (nSPS) is 13.2. The molecule has 0 saturated heterocycles. The highest BCUT2D eigenvalue weighted by atomic mass is 16.5. The van der Waals surface area contributed by atoms with Gasteiger partial charge >= 0.3 is 5.97 Å². The van der Waals surface area contributed by atoms with Crippen LogP contribution in [0.3, 0.4) is 0 Å². The molecule has 0 radical (unpaired) electrons. The van der Waals surface area contributed by atoms with Crippen LogP contribution in [-0.2, 0) is 9.53 Å². The summed E-state index contributed by atoms with van der Waals surface area (Å²) < 4.78 is 4.78. The molecule has 0 heterocycles. The molecule has 0 bridgehead atoms. The number of nitrogens with zero attached hydrogens (tertiary/aromatic N) is 1. The van der Waals surface area contributed by atoms with Crippen molar-refractivity contribution in [3.05, 3.63) is 0 Å². The first kappa shape index (κ1) is 15.4. The molecule has 96 valence electrons. The molecule has 0 amide bonds. The molecule has 0 aromatic carbocycles. The fourth-order valence-electron chi connectivity index (χ4n) is 1.84. The van der Waals surface area contributed by atoms with Crippen molar-refractivity contribution in [1.82, 2.24) is 4.90 Å². The zero-order valence-electron chi connectivity index (χ0n) is 10.9. The van der Waals surface area contributed by atoms with E-state index >= 15 is 0 Å². The summed E-state index contributed by atoms with van der Waals surface area (Å²) in [5.41, 5.74) is 0. The van der Waals surface area contributed by atoms with Crippen LogP contribution in [0.5, 0.6) is 0 Å². The van der Waals surface area contributed by atoms with E-state index in [9.17, 15) is 4.79 Å². The van der Waals surface area contributed by atoms with E-state index < -0.39 is 0 Å². The molecule has 4 nitrogen and oxygen atoms in total. The molecule has 0 rings (SSSR count). The molecular weight excluding hydrogens is 206 g/mol. The topological polar surface area (TPSA) is 49.8 Å². The second-order valence-electron chi connectivity index (χ2n) is 4.44. The number of rotatable bonds is 8. The summed E-state index contributed by atoms with van der Waals surface area (Å²) >= 11 is 0. The average Bonchev–Trinajstić information content (AvgIpc) is 2.23. The predicted molar refractivity (Wildman–Crippen MR) is 64.2 cm³/mol. The van der Waals surface area contributed by atoms with Crippen molar-refractivity contribution in [2.45, 2.75) is 39.7 Å². The summed E-state index contributed by atoms with van der Waals surface area (Å²) in [7, 11) is 1.40. The quantitative estimate of drug-likeness (QED) is 0.639. The van der Waals surface area contributed by atoms with Crippen LogP contribution < -0.4 is 0 Å². The Morgan fingerprint density at radius 1 is 1.44 bits per heavy atom. The molecular formula is C12H25NO3. The van der Waals surface area contributed by atoms with Crippen LogP contribution in [0.25, 0.3) is 0 Å². The molecule has 0 aliphatic heterocycles. The second-order valence-corrected chi connectivity index (χ2v) is 4.44. The van der Waals surface area contributed by atoms with Gasteiger partial charge in [-0.2, -0.15) is 0 Å². The third-order valence-electron chi connectivity index (χ3n) is 2.43. The van der Waals surface area contributed by atoms with Crippen molar-refractivity contribution in [2.24, 2.45) is 5.92 Å². The Morgan fingerprint density at radius 3 is 2.44 bits per heavy atom. The molecule has 1 atom stereocenters. The van der Waals surface area contributed by atoms with Crippen molar-refractivity contribution in [2.75, 3.05) is 26.8 Å². The van der Waals surface area contributed by atoms with Gasteiger partial charge in [-0.1, -0.05) is 20.8 Å². The number of hydrogen-bond acceptors (Lipinski definition) is 4. The number of methoxy groups -OCH3 is 1. The van der Waals surface area contributed by atoms with E-state index in [1.54, 1.807) is 0 Å². The van der Waals surface area contributed by atoms with Crippen molar-refractivity contribution in [3.63, 3.8) is 0 Å². The SMILES string of the molecule is CCCN(CC(C)C)[C@@H](CCO)C(=O)OC. The minimum Gasteiger partial charge on any atom is -0.468 e. The van der Waals surface area contributed by atoms with Gasteiger partial charge in [-0.05, 0) is 25.3 Å². The van der Waals surface area contributed by atoms with Gasteiger partial charge in [0.15, 0.2) is 0 Å². The number of aliphatic hydroxyl groups is 1. The van der Waals surface area contributed by atoms with E-state index in [-0.39, 0.29) is 18.6 Å². The molecule has 0 aromatic rings. The zero-order valence-corrected chi connectivity index (χ0v) is 10.9. The van der Waals surface area contributed by atoms with Crippen molar-refractivity contribution >= 4 is 5.97 Å². The maximum atomic E-state index is 11.6. The monoisotopic (exact) mass is 231 g/mol. The number of carbonyl (C=O) groups is 1. The third-order valence-corrected chi connectivity index (χ3v) is 2.43. The number of ether oxygens (including phenoxy) is 1. The number of esters is 1. The van der Waals surface area contributed by atoms with Gasteiger partial charge < -0.3 is 9.84 Å². The van der Waals surface area contributed by atoms with Crippen LogP contribution in [0.4, 0.5) is 0 Å². The lowest BCUT2D eigenvalue weighted by Gasteiger charge is -2.30. The number of carbonyl (C=O) groups excluding carboxylic acids is 1. The van der Waals surface area contributed by atoms with Gasteiger partial charge in [-0.15, -0.1) is 0 Å². The lowest BCUT2D eigenvalue weighted by Crippen LogP contribution is -2.44. The summed E-state index contributed by atoms with van der Waals surface area (Å²) in [6.45, 7) is 8.05. The average molecular weight is 231 g/mol. The highest BCUT2D eigenvalue weighted by molar-refractivity contribution is 5.75. The first-order chi connectivity index (χ1) is 7.56. The van der Waals surface area contributed by atoms with Crippen LogP contribution in [0.1, 0.15) is 33.6 Å². The van der Waals surface area contributed by atoms with E-state index in [0.717, 1.165) is 19.5 Å². The number of aliphatic hydroxyl groups excluding tert-OH is 1. The highest BCUT2D eigenvalue weighted by Crippen LogP contribution is 2.10. The van der Waals surface area contributed by atoms with Crippen LogP contribution in [-0.4, -0.2) is 48.8 Å². The fraction of sp³-hybridized carbons (Fsp3) is 0.917. The maximum Gasteiger partial charge on any atom is 0.323 e. The molecule has 0 aliphatic rings. The van der Waals surface area contributed by atoms with Crippen molar-refractivity contribution < 1.29 is 14.6 Å². The molecule has 0 aliphatic carbocycles. The molecule has 4 heteroatoms. The van der Waals surface area contributed by atoms with Crippen LogP contribution in [0.2, 0.25) is 0 Å². The van der Waals surface area contributed by atoms with Crippen LogP contribution in [0.15, 0.2) is 0 Å². The molecule has 0 fully saturated rings. The van der Waals surface area contributed by atoms with E-state index in [1.807, 2.05) is 0 Å². The van der Waals surface area contributed by atoms with Gasteiger partial charge in [0.05, 0.1) is 7.11 Å². The lowest BCUT2D eigenvalue weighted by molar-refractivity contribution is -0.147. The van der Waals surface area contributed by atoms with Gasteiger partial charge in [-0.3, -0.25) is 9.69 Å². The Kier molecular flexibility index (Phi) is 8.21. The lowest BCUT2D eigenvalue weighted by atomic mass is 10.1. The van der Waals surface area contributed by atoms with Gasteiger partial charge in [0.2, 0.25) is 0 Å². The van der Waals surface area contributed by atoms with Crippen molar-refractivity contribution in [1.29, 1.82) is 0 Å². The Labute approximate surface area is 98.6 Å². The van der Waals surface area contributed by atoms with Gasteiger partial charge in [0.25, 0.3) is 0 Å². The first-order valence-electron chi connectivity index (χ1n) is 5.99. The van der Waals surface area contributed by atoms with E-state index in [1.165, 1.54) is 7.11 Å². The van der Waals surface area contributed by atoms with Crippen molar-refractivity contribution in [3.8, 4) is 0 Å². The summed E-state index contributed by atoms with van der Waals surface area (Å²) in [6, 6.07) is -0.308. The maximum absolute atomic E-state index is 11.6. The standard InChI is InChI=1S/C12H25NO3/c1-5-7-13(9-10(2)3)11(6-8-14)12(15)16-4/h10-11,14H,5-9H2,1-4H3/t11-/m0/s1. The smallest absolute Gasteiger partial charge is 0.323 e. The summed E-state index contributed by atoms with van der Waals surface area (Å²) in [5.74, 6) is 0.251. The van der Waals surface area contributed by atoms with E-state index in [2.05, 4.69) is 25.7 Å². The van der Waals surface area contributed by atoms with E-state index in [0.29, 0.717) is 12.3 Å². The Bertz CT molecular complexity index is 195. The van der Waals surface area contributed by atoms with Crippen LogP contribution >= 0.6 is 0 Å². The Balaban J connectivity index is 4.57.